The molecule has 6 aliphatic carbocycles. The van der Waals surface area contributed by atoms with Gasteiger partial charge in [0.2, 0.25) is 0 Å². The molecule has 244 valence electrons. The third kappa shape index (κ3) is 6.37. The van der Waals surface area contributed by atoms with Gasteiger partial charge in [0.05, 0.1) is 0 Å². The number of rotatable bonds is 4. The van der Waals surface area contributed by atoms with Gasteiger partial charge < -0.3 is 19.8 Å². The monoisotopic (exact) mass is 642 g/mol. The molecule has 0 spiro atoms. The number of carboxylic acid groups (broad SMARTS) is 2. The Balaban J connectivity index is 0.000000200. The predicted molar refractivity (Wildman–Crippen MR) is 180 cm³/mol. The third-order valence-electron chi connectivity index (χ3n) is 14.1. The van der Waals surface area contributed by atoms with Crippen molar-refractivity contribution in [2.75, 3.05) is 0 Å². The molecule has 0 aromatic rings. The molecule has 0 heterocycles. The van der Waals surface area contributed by atoms with Crippen molar-refractivity contribution in [3.05, 3.63) is 46.6 Å². The third-order valence-corrected chi connectivity index (χ3v) is 14.1. The molecule has 5 heteroatoms. The van der Waals surface area contributed by atoms with Crippen LogP contribution in [0.15, 0.2) is 46.6 Å². The summed E-state index contributed by atoms with van der Waals surface area (Å²) in [6, 6.07) is 0. The Labute approximate surface area is 303 Å². The first-order chi connectivity index (χ1) is 20.6. The Kier molecular flexibility index (Phi) is 11.2. The van der Waals surface area contributed by atoms with Gasteiger partial charge in [-0.05, 0) is 122 Å². The van der Waals surface area contributed by atoms with E-state index in [1.54, 1.807) is 11.1 Å². The molecule has 0 amide bonds. The minimum atomic E-state index is -0.838. The standard InChI is InChI=1S/2C20H30O2.Ca/c2*1-13(2)14-6-8-16-15(12-14)7-9-17-19(16,3)10-5-11-20(17,4)18(21)22;/h2*7,12-13,16-17H,5-6,8-11H2,1-4H3,(H,21,22);/q;;+2/p-2/t2*16?,17?,19-,20-;/m11./s1. The van der Waals surface area contributed by atoms with Gasteiger partial charge in [0.15, 0.2) is 0 Å². The number of allylic oxidation sites excluding steroid dienone is 8. The number of fused-ring (bicyclic) bond motifs is 6. The zero-order chi connectivity index (χ0) is 32.2. The predicted octanol–water partition coefficient (Wildman–Crippen LogP) is 7.36. The maximum absolute atomic E-state index is 11.8. The van der Waals surface area contributed by atoms with Crippen molar-refractivity contribution in [3.63, 3.8) is 0 Å². The van der Waals surface area contributed by atoms with E-state index in [1.165, 1.54) is 36.8 Å². The first-order valence-corrected chi connectivity index (χ1v) is 17.8. The minimum Gasteiger partial charge on any atom is -0.550 e. The van der Waals surface area contributed by atoms with Crippen molar-refractivity contribution >= 4 is 49.7 Å². The zero-order valence-electron chi connectivity index (χ0n) is 29.6. The largest absolute Gasteiger partial charge is 2.00 e. The molecule has 4 unspecified atom stereocenters. The van der Waals surface area contributed by atoms with E-state index >= 15 is 0 Å². The van der Waals surface area contributed by atoms with Crippen LogP contribution in [0.25, 0.3) is 0 Å². The first-order valence-electron chi connectivity index (χ1n) is 17.8. The fourth-order valence-electron chi connectivity index (χ4n) is 11.2. The summed E-state index contributed by atoms with van der Waals surface area (Å²) in [6.45, 7) is 17.7. The molecule has 6 aliphatic rings. The van der Waals surface area contributed by atoms with Gasteiger partial charge in [0.25, 0.3) is 0 Å². The second kappa shape index (κ2) is 13.6. The van der Waals surface area contributed by atoms with Gasteiger partial charge in [-0.15, -0.1) is 0 Å². The van der Waals surface area contributed by atoms with Gasteiger partial charge in [-0.3, -0.25) is 0 Å². The molecule has 0 aromatic carbocycles. The van der Waals surface area contributed by atoms with Crippen LogP contribution in [0.4, 0.5) is 0 Å². The van der Waals surface area contributed by atoms with E-state index in [4.69, 9.17) is 0 Å². The molecule has 0 N–H and O–H groups in total. The van der Waals surface area contributed by atoms with Crippen LogP contribution in [-0.2, 0) is 9.59 Å². The van der Waals surface area contributed by atoms with Gasteiger partial charge in [0.1, 0.15) is 0 Å². The summed E-state index contributed by atoms with van der Waals surface area (Å²) in [5, 5.41) is 23.7. The van der Waals surface area contributed by atoms with Crippen LogP contribution >= 0.6 is 0 Å². The topological polar surface area (TPSA) is 80.3 Å². The van der Waals surface area contributed by atoms with Crippen LogP contribution in [0.5, 0.6) is 0 Å². The van der Waals surface area contributed by atoms with Gasteiger partial charge in [-0.1, -0.05) is 104 Å². The van der Waals surface area contributed by atoms with Gasteiger partial charge in [-0.2, -0.15) is 0 Å². The molecule has 0 radical (unpaired) electrons. The zero-order valence-corrected chi connectivity index (χ0v) is 31.8. The van der Waals surface area contributed by atoms with Crippen molar-refractivity contribution in [1.82, 2.24) is 0 Å². The van der Waals surface area contributed by atoms with E-state index in [1.807, 2.05) is 13.8 Å². The molecule has 0 aromatic heterocycles. The Morgan fingerprint density at radius 1 is 0.667 bits per heavy atom. The number of carbonyl (C=O) groups excluding carboxylic acids is 2. The van der Waals surface area contributed by atoms with Crippen molar-refractivity contribution in [2.45, 2.75) is 132 Å². The number of aliphatic carboxylic acids is 2. The van der Waals surface area contributed by atoms with E-state index in [0.717, 1.165) is 51.4 Å². The number of hydrogen-bond acceptors (Lipinski definition) is 4. The second-order valence-corrected chi connectivity index (χ2v) is 17.0. The molecule has 2 saturated carbocycles. The number of carbonyl (C=O) groups is 2. The Morgan fingerprint density at radius 2 is 1.02 bits per heavy atom. The summed E-state index contributed by atoms with van der Waals surface area (Å²) in [5.41, 5.74) is 5.01. The molecule has 4 nitrogen and oxygen atoms in total. The summed E-state index contributed by atoms with van der Waals surface area (Å²) in [7, 11) is 0. The minimum absolute atomic E-state index is 0. The van der Waals surface area contributed by atoms with E-state index < -0.39 is 22.8 Å². The van der Waals surface area contributed by atoms with Crippen LogP contribution < -0.4 is 10.2 Å². The molecular formula is C40H58CaO4. The van der Waals surface area contributed by atoms with Crippen LogP contribution in [-0.4, -0.2) is 49.7 Å². The molecule has 0 bridgehead atoms. The van der Waals surface area contributed by atoms with Crippen molar-refractivity contribution in [1.29, 1.82) is 0 Å². The molecule has 0 saturated heterocycles. The number of carboxylic acids is 2. The van der Waals surface area contributed by atoms with Gasteiger partial charge >= 0.3 is 37.7 Å². The average Bonchev–Trinajstić information content (AvgIpc) is 2.96. The molecule has 0 aliphatic heterocycles. The maximum atomic E-state index is 11.8. The van der Waals surface area contributed by atoms with Crippen LogP contribution in [0.3, 0.4) is 0 Å². The van der Waals surface area contributed by atoms with E-state index in [0.29, 0.717) is 23.7 Å². The molecule has 6 rings (SSSR count). The summed E-state index contributed by atoms with van der Waals surface area (Å²) >= 11 is 0. The Bertz CT molecular complexity index is 1190. The summed E-state index contributed by atoms with van der Waals surface area (Å²) in [5.74, 6) is 1.08. The summed E-state index contributed by atoms with van der Waals surface area (Å²) < 4.78 is 0. The fourth-order valence-corrected chi connectivity index (χ4v) is 11.2. The smallest absolute Gasteiger partial charge is 0.550 e. The normalized spacial score (nSPS) is 40.4. The van der Waals surface area contributed by atoms with Gasteiger partial charge in [-0.25, -0.2) is 0 Å². The maximum Gasteiger partial charge on any atom is 2.00 e. The van der Waals surface area contributed by atoms with E-state index in [2.05, 4.69) is 65.8 Å². The first kappa shape index (κ1) is 37.0. The van der Waals surface area contributed by atoms with Crippen molar-refractivity contribution in [3.8, 4) is 0 Å². The van der Waals surface area contributed by atoms with Crippen LogP contribution in [0.2, 0.25) is 0 Å². The quantitative estimate of drug-likeness (QED) is 0.300. The second-order valence-electron chi connectivity index (χ2n) is 17.0. The fraction of sp³-hybridized carbons (Fsp3) is 0.750. The average molecular weight is 643 g/mol. The SMILES string of the molecule is CC(C)C1=CC2=CCC3[C@](C)(CCC[C@@]3(C)C(=O)[O-])C2CC1.CC(C)C1=CC2=CCC3[C@](C)(CCC[C@@]3(C)C(=O)[O-])C2CC1.[Ca+2]. The number of hydrogen-bond donors (Lipinski definition) is 0. The van der Waals surface area contributed by atoms with Gasteiger partial charge in [0, 0.05) is 22.8 Å². The summed E-state index contributed by atoms with van der Waals surface area (Å²) in [6.07, 6.45) is 21.9. The molecule has 2 fully saturated rings. The summed E-state index contributed by atoms with van der Waals surface area (Å²) in [4.78, 5) is 23.7. The van der Waals surface area contributed by atoms with Crippen molar-refractivity contribution in [2.24, 2.45) is 57.2 Å². The van der Waals surface area contributed by atoms with Crippen molar-refractivity contribution < 1.29 is 19.8 Å². The van der Waals surface area contributed by atoms with E-state index in [-0.39, 0.29) is 60.4 Å². The Morgan fingerprint density at radius 3 is 1.33 bits per heavy atom. The van der Waals surface area contributed by atoms with Crippen LogP contribution in [0.1, 0.15) is 132 Å². The molecule has 45 heavy (non-hydrogen) atoms. The Hall–Kier alpha value is -0.840. The van der Waals surface area contributed by atoms with Crippen LogP contribution in [0, 0.1) is 57.2 Å². The molecular weight excluding hydrogens is 585 g/mol. The van der Waals surface area contributed by atoms with E-state index in [9.17, 15) is 19.8 Å². The molecule has 8 atom stereocenters.